The molecule has 0 aliphatic carbocycles. The van der Waals surface area contributed by atoms with Crippen molar-refractivity contribution in [1.29, 1.82) is 0 Å². The second-order valence-electron chi connectivity index (χ2n) is 3.83. The largest absolute Gasteiger partial charge is 0.301 e. The predicted octanol–water partition coefficient (Wildman–Crippen LogP) is 2.10. The molecule has 0 spiro atoms. The van der Waals surface area contributed by atoms with Crippen LogP contribution >= 0.6 is 0 Å². The van der Waals surface area contributed by atoms with Gasteiger partial charge in [0, 0.05) is 26.4 Å². The van der Waals surface area contributed by atoms with Crippen LogP contribution in [0.25, 0.3) is 0 Å². The molecule has 1 aromatic rings. The summed E-state index contributed by atoms with van der Waals surface area (Å²) in [5.41, 5.74) is 1.30. The van der Waals surface area contributed by atoms with Gasteiger partial charge in [-0.2, -0.15) is 0 Å². The van der Waals surface area contributed by atoms with Crippen LogP contribution in [0.5, 0.6) is 0 Å². The molecular weight excluding hydrogens is 198 g/mol. The summed E-state index contributed by atoms with van der Waals surface area (Å²) < 4.78 is 0. The Morgan fingerprint density at radius 2 is 2.00 bits per heavy atom. The predicted molar refractivity (Wildman–Crippen MR) is 65.9 cm³/mol. The molecule has 0 aliphatic heterocycles. The van der Waals surface area contributed by atoms with Crippen molar-refractivity contribution in [3.8, 4) is 11.8 Å². The Morgan fingerprint density at radius 3 is 2.62 bits per heavy atom. The molecule has 0 aliphatic rings. The molecule has 2 nitrogen and oxygen atoms in total. The lowest BCUT2D eigenvalue weighted by atomic mass is 10.2. The topological polar surface area (TPSA) is 20.3 Å². The Bertz CT molecular complexity index is 386. The fourth-order valence-corrected chi connectivity index (χ4v) is 1.41. The van der Waals surface area contributed by atoms with Gasteiger partial charge in [-0.3, -0.25) is 4.79 Å². The molecule has 1 aromatic carbocycles. The lowest BCUT2D eigenvalue weighted by Crippen LogP contribution is -2.18. The molecule has 0 fully saturated rings. The molecule has 0 atom stereocenters. The smallest absolute Gasteiger partial charge is 0.202 e. The molecule has 0 amide bonds. The highest BCUT2D eigenvalue weighted by atomic mass is 16.1. The fraction of sp³-hybridized carbons (Fsp3) is 0.357. The van der Waals surface area contributed by atoms with Gasteiger partial charge in [0.05, 0.1) is 0 Å². The summed E-state index contributed by atoms with van der Waals surface area (Å²) in [6.07, 6.45) is 0.739. The van der Waals surface area contributed by atoms with Gasteiger partial charge in [-0.05, 0) is 18.5 Å². The maximum absolute atomic E-state index is 10.6. The van der Waals surface area contributed by atoms with Gasteiger partial charge in [0.15, 0.2) is 0 Å². The van der Waals surface area contributed by atoms with Crippen molar-refractivity contribution in [1.82, 2.24) is 4.90 Å². The van der Waals surface area contributed by atoms with Crippen molar-refractivity contribution in [2.75, 3.05) is 13.6 Å². The molecule has 0 heterocycles. The number of hydrogen-bond donors (Lipinski definition) is 0. The van der Waals surface area contributed by atoms with Crippen LogP contribution in [0.2, 0.25) is 0 Å². The molecule has 0 bridgehead atoms. The average molecular weight is 215 g/mol. The minimum Gasteiger partial charge on any atom is -0.301 e. The van der Waals surface area contributed by atoms with Gasteiger partial charge >= 0.3 is 0 Å². The van der Waals surface area contributed by atoms with Crippen LogP contribution < -0.4 is 0 Å². The van der Waals surface area contributed by atoms with E-state index in [1.54, 1.807) is 0 Å². The van der Waals surface area contributed by atoms with E-state index in [1.165, 1.54) is 12.5 Å². The van der Waals surface area contributed by atoms with E-state index < -0.39 is 0 Å². The maximum Gasteiger partial charge on any atom is 0.202 e. The molecule has 1 rings (SSSR count). The van der Waals surface area contributed by atoms with Gasteiger partial charge in [-0.15, -0.1) is 0 Å². The summed E-state index contributed by atoms with van der Waals surface area (Å²) in [7, 11) is 2.06. The Balaban J connectivity index is 2.30. The van der Waals surface area contributed by atoms with Gasteiger partial charge in [0.1, 0.15) is 0 Å². The monoisotopic (exact) mass is 215 g/mol. The zero-order chi connectivity index (χ0) is 11.8. The fourth-order valence-electron chi connectivity index (χ4n) is 1.41. The lowest BCUT2D eigenvalue weighted by molar-refractivity contribution is -0.111. The minimum absolute atomic E-state index is 0.0642. The van der Waals surface area contributed by atoms with E-state index in [0.29, 0.717) is 0 Å². The third-order valence-electron chi connectivity index (χ3n) is 2.18. The molecule has 2 heteroatoms. The summed E-state index contributed by atoms with van der Waals surface area (Å²) in [5.74, 6) is 5.35. The highest BCUT2D eigenvalue weighted by Crippen LogP contribution is 2.02. The molecule has 0 saturated heterocycles. The molecule has 0 aromatic heterocycles. The first-order valence-electron chi connectivity index (χ1n) is 5.40. The van der Waals surface area contributed by atoms with Crippen LogP contribution in [0.15, 0.2) is 30.3 Å². The van der Waals surface area contributed by atoms with Crippen molar-refractivity contribution in [2.24, 2.45) is 0 Å². The third kappa shape index (κ3) is 5.33. The first-order valence-corrected chi connectivity index (χ1v) is 5.40. The van der Waals surface area contributed by atoms with Gasteiger partial charge in [-0.25, -0.2) is 0 Å². The zero-order valence-corrected chi connectivity index (χ0v) is 9.86. The number of carbonyl (C=O) groups is 1. The Hall–Kier alpha value is -1.59. The standard InChI is InChI=1S/C14H17NO/c1-13(16)8-6-7-11-15(2)12-14-9-4-3-5-10-14/h3-5,9-10H,7,11-12H2,1-2H3. The van der Waals surface area contributed by atoms with E-state index in [4.69, 9.17) is 0 Å². The second kappa shape index (κ2) is 6.81. The summed E-state index contributed by atoms with van der Waals surface area (Å²) >= 11 is 0. The molecule has 0 unspecified atom stereocenters. The number of hydrogen-bond acceptors (Lipinski definition) is 2. The van der Waals surface area contributed by atoms with Crippen LogP contribution in [0.1, 0.15) is 18.9 Å². The van der Waals surface area contributed by atoms with Crippen LogP contribution in [0.3, 0.4) is 0 Å². The normalized spacial score (nSPS) is 9.69. The Morgan fingerprint density at radius 1 is 1.31 bits per heavy atom. The quantitative estimate of drug-likeness (QED) is 0.566. The Labute approximate surface area is 97.3 Å². The summed E-state index contributed by atoms with van der Waals surface area (Å²) in [6.45, 7) is 3.29. The van der Waals surface area contributed by atoms with Crippen LogP contribution in [-0.4, -0.2) is 24.3 Å². The number of benzene rings is 1. The van der Waals surface area contributed by atoms with Gasteiger partial charge in [0.2, 0.25) is 5.78 Å². The molecule has 84 valence electrons. The highest BCUT2D eigenvalue weighted by molar-refractivity contribution is 5.93. The third-order valence-corrected chi connectivity index (χ3v) is 2.18. The Kier molecular flexibility index (Phi) is 5.31. The van der Waals surface area contributed by atoms with E-state index in [9.17, 15) is 4.79 Å². The lowest BCUT2D eigenvalue weighted by Gasteiger charge is -2.14. The van der Waals surface area contributed by atoms with Crippen molar-refractivity contribution in [3.63, 3.8) is 0 Å². The van der Waals surface area contributed by atoms with Crippen LogP contribution in [-0.2, 0) is 11.3 Å². The summed E-state index contributed by atoms with van der Waals surface area (Å²) in [4.78, 5) is 12.8. The number of Topliss-reactive ketones (excluding diaryl/α,β-unsaturated/α-hetero) is 1. The number of nitrogens with zero attached hydrogens (tertiary/aromatic N) is 1. The van der Waals surface area contributed by atoms with Gasteiger partial charge < -0.3 is 4.90 Å². The van der Waals surface area contributed by atoms with Crippen LogP contribution in [0.4, 0.5) is 0 Å². The van der Waals surface area contributed by atoms with Crippen LogP contribution in [0, 0.1) is 11.8 Å². The van der Waals surface area contributed by atoms with E-state index in [0.717, 1.165) is 19.5 Å². The first-order chi connectivity index (χ1) is 7.68. The molecule has 0 radical (unpaired) electrons. The first kappa shape index (κ1) is 12.5. The van der Waals surface area contributed by atoms with E-state index >= 15 is 0 Å². The maximum atomic E-state index is 10.6. The van der Waals surface area contributed by atoms with Crippen molar-refractivity contribution >= 4 is 5.78 Å². The number of rotatable bonds is 4. The molecule has 0 N–H and O–H groups in total. The SMILES string of the molecule is CC(=O)C#CCCN(C)Cc1ccccc1. The van der Waals surface area contributed by atoms with Gasteiger partial charge in [-0.1, -0.05) is 36.3 Å². The van der Waals surface area contributed by atoms with Gasteiger partial charge in [0.25, 0.3) is 0 Å². The van der Waals surface area contributed by atoms with E-state index in [-0.39, 0.29) is 5.78 Å². The molecular formula is C14H17NO. The number of ketones is 1. The van der Waals surface area contributed by atoms with E-state index in [2.05, 4.69) is 35.9 Å². The van der Waals surface area contributed by atoms with Crippen molar-refractivity contribution in [2.45, 2.75) is 19.9 Å². The molecule has 16 heavy (non-hydrogen) atoms. The van der Waals surface area contributed by atoms with Crippen molar-refractivity contribution in [3.05, 3.63) is 35.9 Å². The van der Waals surface area contributed by atoms with E-state index in [1.807, 2.05) is 18.2 Å². The minimum atomic E-state index is -0.0642. The van der Waals surface area contributed by atoms with Crippen molar-refractivity contribution < 1.29 is 4.79 Å². The number of carbonyl (C=O) groups excluding carboxylic acids is 1. The summed E-state index contributed by atoms with van der Waals surface area (Å²) in [6, 6.07) is 10.3. The zero-order valence-electron chi connectivity index (χ0n) is 9.86. The highest BCUT2D eigenvalue weighted by Gasteiger charge is 1.97. The average Bonchev–Trinajstić information content (AvgIpc) is 2.25. The second-order valence-corrected chi connectivity index (χ2v) is 3.83. The summed E-state index contributed by atoms with van der Waals surface area (Å²) in [5, 5.41) is 0. The molecule has 0 saturated carbocycles.